The van der Waals surface area contributed by atoms with Crippen LogP contribution >= 0.6 is 0 Å². The van der Waals surface area contributed by atoms with Gasteiger partial charge in [-0.25, -0.2) is 19.6 Å². The van der Waals surface area contributed by atoms with Crippen LogP contribution in [0, 0.1) is 0 Å². The normalized spacial score (nSPS) is 16.1. The molecular weight excluding hydrogens is 488 g/mol. The maximum Gasteiger partial charge on any atom is 0.343 e. The standard InChI is InChI=1S/C29H38N2O7/c1-4-26(32)35-18-12-10-8-6-5-7-9-11-17-34-24-19-30-27(31-20-24)22-13-15-23(16-14-22)37-28(33)25-21-36-29(2,3)38-25/h4,13-16,19-20,25H,1,5-12,17-18,21H2,2-3H3/t25-/m1/s1. The number of carbonyl (C=O) groups excluding carboxylic acids is 2. The van der Waals surface area contributed by atoms with E-state index in [1.807, 2.05) is 0 Å². The Balaban J connectivity index is 1.26. The Morgan fingerprint density at radius 2 is 1.55 bits per heavy atom. The first-order valence-electron chi connectivity index (χ1n) is 13.2. The van der Waals surface area contributed by atoms with Crippen LogP contribution in [0.3, 0.4) is 0 Å². The second-order valence-corrected chi connectivity index (χ2v) is 9.55. The Morgan fingerprint density at radius 3 is 2.13 bits per heavy atom. The van der Waals surface area contributed by atoms with Crippen LogP contribution in [-0.2, 0) is 23.8 Å². The van der Waals surface area contributed by atoms with Crippen LogP contribution in [0.4, 0.5) is 0 Å². The van der Waals surface area contributed by atoms with E-state index in [2.05, 4.69) is 16.5 Å². The molecule has 1 aliphatic heterocycles. The van der Waals surface area contributed by atoms with Crippen LogP contribution in [0.15, 0.2) is 49.3 Å². The minimum atomic E-state index is -0.784. The number of rotatable bonds is 16. The summed E-state index contributed by atoms with van der Waals surface area (Å²) in [6.07, 6.45) is 12.6. The number of hydrogen-bond acceptors (Lipinski definition) is 9. The smallest absolute Gasteiger partial charge is 0.343 e. The topological polar surface area (TPSA) is 106 Å². The molecule has 1 aromatic carbocycles. The summed E-state index contributed by atoms with van der Waals surface area (Å²) in [6, 6.07) is 6.99. The molecule has 0 bridgehead atoms. The molecule has 1 saturated heterocycles. The highest BCUT2D eigenvalue weighted by atomic mass is 16.8. The van der Waals surface area contributed by atoms with Gasteiger partial charge in [-0.1, -0.05) is 45.1 Å². The van der Waals surface area contributed by atoms with Gasteiger partial charge in [0.2, 0.25) is 0 Å². The molecule has 1 aliphatic rings. The number of hydrogen-bond donors (Lipinski definition) is 0. The van der Waals surface area contributed by atoms with Crippen molar-refractivity contribution >= 4 is 11.9 Å². The fourth-order valence-corrected chi connectivity index (χ4v) is 3.88. The Bertz CT molecular complexity index is 1020. The molecule has 2 aromatic rings. The molecule has 1 aromatic heterocycles. The van der Waals surface area contributed by atoms with Gasteiger partial charge < -0.3 is 23.7 Å². The number of nitrogens with zero attached hydrogens (tertiary/aromatic N) is 2. The predicted octanol–water partition coefficient (Wildman–Crippen LogP) is 5.43. The highest BCUT2D eigenvalue weighted by molar-refractivity contribution is 5.81. The van der Waals surface area contributed by atoms with Gasteiger partial charge in [-0.15, -0.1) is 0 Å². The van der Waals surface area contributed by atoms with Gasteiger partial charge in [0.25, 0.3) is 0 Å². The fourth-order valence-electron chi connectivity index (χ4n) is 3.88. The van der Waals surface area contributed by atoms with Gasteiger partial charge in [0.15, 0.2) is 23.5 Å². The van der Waals surface area contributed by atoms with Crippen molar-refractivity contribution in [2.24, 2.45) is 0 Å². The Labute approximate surface area is 224 Å². The average Bonchev–Trinajstić information content (AvgIpc) is 3.29. The number of esters is 2. The largest absolute Gasteiger partial charge is 0.490 e. The third-order valence-electron chi connectivity index (χ3n) is 5.95. The second kappa shape index (κ2) is 15.2. The molecule has 0 unspecified atom stereocenters. The van der Waals surface area contributed by atoms with E-state index in [4.69, 9.17) is 23.7 Å². The van der Waals surface area contributed by atoms with Crippen LogP contribution < -0.4 is 9.47 Å². The van der Waals surface area contributed by atoms with Crippen LogP contribution in [-0.4, -0.2) is 53.6 Å². The van der Waals surface area contributed by atoms with E-state index in [1.165, 1.54) is 25.3 Å². The van der Waals surface area contributed by atoms with Crippen molar-refractivity contribution in [2.75, 3.05) is 19.8 Å². The first kappa shape index (κ1) is 29.3. The van der Waals surface area contributed by atoms with Crippen LogP contribution in [0.5, 0.6) is 11.5 Å². The van der Waals surface area contributed by atoms with Gasteiger partial charge in [0, 0.05) is 11.6 Å². The molecule has 9 nitrogen and oxygen atoms in total. The Morgan fingerprint density at radius 1 is 0.947 bits per heavy atom. The molecule has 0 spiro atoms. The number of carbonyl (C=O) groups is 2. The SMILES string of the molecule is C=CC(=O)OCCCCCCCCCCOc1cnc(-c2ccc(OC(=O)[C@H]3COC(C)(C)O3)cc2)nc1. The molecule has 38 heavy (non-hydrogen) atoms. The first-order valence-corrected chi connectivity index (χ1v) is 13.2. The number of benzene rings is 1. The van der Waals surface area contributed by atoms with Crippen molar-refractivity contribution < 1.29 is 33.3 Å². The molecule has 0 radical (unpaired) electrons. The third kappa shape index (κ3) is 10.2. The highest BCUT2D eigenvalue weighted by Gasteiger charge is 2.38. The van der Waals surface area contributed by atoms with Crippen LogP contribution in [0.25, 0.3) is 11.4 Å². The molecule has 9 heteroatoms. The summed E-state index contributed by atoms with van der Waals surface area (Å²) in [5.41, 5.74) is 0.802. The zero-order valence-electron chi connectivity index (χ0n) is 22.4. The van der Waals surface area contributed by atoms with Gasteiger partial charge in [0.1, 0.15) is 5.75 Å². The summed E-state index contributed by atoms with van der Waals surface area (Å²) in [6.45, 7) is 8.17. The minimum absolute atomic E-state index is 0.172. The van der Waals surface area contributed by atoms with E-state index >= 15 is 0 Å². The molecule has 206 valence electrons. The van der Waals surface area contributed by atoms with Gasteiger partial charge in [-0.3, -0.25) is 0 Å². The van der Waals surface area contributed by atoms with Crippen LogP contribution in [0.2, 0.25) is 0 Å². The summed E-state index contributed by atoms with van der Waals surface area (Å²) in [5, 5.41) is 0. The van der Waals surface area contributed by atoms with E-state index in [9.17, 15) is 9.59 Å². The third-order valence-corrected chi connectivity index (χ3v) is 5.95. The molecule has 0 saturated carbocycles. The lowest BCUT2D eigenvalue weighted by Crippen LogP contribution is -2.30. The lowest BCUT2D eigenvalue weighted by atomic mass is 10.1. The molecule has 0 N–H and O–H groups in total. The maximum atomic E-state index is 12.3. The van der Waals surface area contributed by atoms with Gasteiger partial charge in [-0.05, 0) is 51.0 Å². The van der Waals surface area contributed by atoms with Crippen LogP contribution in [0.1, 0.15) is 65.2 Å². The predicted molar refractivity (Wildman–Crippen MR) is 142 cm³/mol. The van der Waals surface area contributed by atoms with Crippen molar-refractivity contribution in [1.29, 1.82) is 0 Å². The summed E-state index contributed by atoms with van der Waals surface area (Å²) in [7, 11) is 0. The number of aromatic nitrogens is 2. The summed E-state index contributed by atoms with van der Waals surface area (Å²) < 4.78 is 27.1. The van der Waals surface area contributed by atoms with E-state index < -0.39 is 17.9 Å². The molecule has 2 heterocycles. The zero-order valence-corrected chi connectivity index (χ0v) is 22.4. The highest BCUT2D eigenvalue weighted by Crippen LogP contribution is 2.25. The molecule has 3 rings (SSSR count). The van der Waals surface area contributed by atoms with Crippen molar-refractivity contribution in [3.8, 4) is 22.9 Å². The summed E-state index contributed by atoms with van der Waals surface area (Å²) >= 11 is 0. The van der Waals surface area contributed by atoms with Crippen molar-refractivity contribution in [1.82, 2.24) is 9.97 Å². The lowest BCUT2D eigenvalue weighted by molar-refractivity contribution is -0.162. The monoisotopic (exact) mass is 526 g/mol. The van der Waals surface area contributed by atoms with Crippen molar-refractivity contribution in [3.63, 3.8) is 0 Å². The quantitative estimate of drug-likeness (QED) is 0.122. The Hall–Kier alpha value is -3.30. The molecular formula is C29H38N2O7. The van der Waals surface area contributed by atoms with E-state index in [0.717, 1.165) is 37.7 Å². The minimum Gasteiger partial charge on any atom is -0.490 e. The lowest BCUT2D eigenvalue weighted by Gasteiger charge is -2.16. The molecule has 0 aliphatic carbocycles. The fraction of sp³-hybridized carbons (Fsp3) is 0.517. The van der Waals surface area contributed by atoms with Crippen molar-refractivity contribution in [2.45, 2.75) is 77.1 Å². The average molecular weight is 527 g/mol. The number of ether oxygens (including phenoxy) is 5. The summed E-state index contributed by atoms with van der Waals surface area (Å²) in [5.74, 6) is -0.00685. The molecule has 1 fully saturated rings. The molecule has 0 amide bonds. The maximum absolute atomic E-state index is 12.3. The summed E-state index contributed by atoms with van der Waals surface area (Å²) in [4.78, 5) is 32.0. The first-order chi connectivity index (χ1) is 18.4. The van der Waals surface area contributed by atoms with Gasteiger partial charge >= 0.3 is 11.9 Å². The van der Waals surface area contributed by atoms with Crippen molar-refractivity contribution in [3.05, 3.63) is 49.3 Å². The van der Waals surface area contributed by atoms with E-state index in [0.29, 0.717) is 30.5 Å². The van der Waals surface area contributed by atoms with Gasteiger partial charge in [0.05, 0.1) is 32.2 Å². The van der Waals surface area contributed by atoms with Gasteiger partial charge in [-0.2, -0.15) is 0 Å². The zero-order chi connectivity index (χ0) is 27.2. The van der Waals surface area contributed by atoms with E-state index in [1.54, 1.807) is 50.5 Å². The second-order valence-electron chi connectivity index (χ2n) is 9.55. The van der Waals surface area contributed by atoms with E-state index in [-0.39, 0.29) is 12.6 Å². The Kier molecular flexibility index (Phi) is 11.7. The number of unbranched alkanes of at least 4 members (excludes halogenated alkanes) is 7. The molecule has 1 atom stereocenters.